The van der Waals surface area contributed by atoms with Crippen LogP contribution in [-0.4, -0.2) is 35.0 Å². The molecule has 2 rings (SSSR count). The Labute approximate surface area is 112 Å². The number of nitrogens with zero attached hydrogens (tertiary/aromatic N) is 1. The maximum absolute atomic E-state index is 13.3. The van der Waals surface area contributed by atoms with E-state index in [1.807, 2.05) is 0 Å². The minimum atomic E-state index is -0.899. The Morgan fingerprint density at radius 3 is 2.78 bits per heavy atom. The molecule has 0 spiro atoms. The molecule has 1 aromatic carbocycles. The van der Waals surface area contributed by atoms with Crippen molar-refractivity contribution in [3.8, 4) is 0 Å². The van der Waals surface area contributed by atoms with Gasteiger partial charge in [-0.2, -0.15) is 0 Å². The van der Waals surface area contributed by atoms with Gasteiger partial charge in [0, 0.05) is 13.1 Å². The monoisotopic (exact) mass is 315 g/mol. The van der Waals surface area contributed by atoms with Crippen LogP contribution in [0.5, 0.6) is 0 Å². The maximum Gasteiger partial charge on any atom is 0.308 e. The average Bonchev–Trinajstić information content (AvgIpc) is 2.81. The molecule has 1 saturated heterocycles. The van der Waals surface area contributed by atoms with E-state index >= 15 is 0 Å². The first-order valence-electron chi connectivity index (χ1n) is 5.47. The van der Waals surface area contributed by atoms with Gasteiger partial charge < -0.3 is 10.0 Å². The normalized spacial score (nSPS) is 19.0. The predicted octanol–water partition coefficient (Wildman–Crippen LogP) is 2.13. The summed E-state index contributed by atoms with van der Waals surface area (Å²) in [5.74, 6) is -2.27. The van der Waals surface area contributed by atoms with E-state index in [2.05, 4.69) is 15.9 Å². The molecule has 1 atom stereocenters. The van der Waals surface area contributed by atoms with Gasteiger partial charge in [0.05, 0.1) is 16.0 Å². The lowest BCUT2D eigenvalue weighted by Gasteiger charge is -2.16. The number of carbonyl (C=O) groups is 2. The van der Waals surface area contributed by atoms with Crippen molar-refractivity contribution < 1.29 is 19.1 Å². The van der Waals surface area contributed by atoms with E-state index < -0.39 is 17.7 Å². The van der Waals surface area contributed by atoms with Crippen LogP contribution in [0.1, 0.15) is 16.8 Å². The number of benzene rings is 1. The molecule has 6 heteroatoms. The number of hydrogen-bond acceptors (Lipinski definition) is 2. The van der Waals surface area contributed by atoms with Crippen molar-refractivity contribution in [3.05, 3.63) is 34.1 Å². The van der Waals surface area contributed by atoms with E-state index in [4.69, 9.17) is 5.11 Å². The van der Waals surface area contributed by atoms with E-state index in [9.17, 15) is 14.0 Å². The molecule has 1 aliphatic heterocycles. The lowest BCUT2D eigenvalue weighted by Crippen LogP contribution is -2.30. The maximum atomic E-state index is 13.3. The predicted molar refractivity (Wildman–Crippen MR) is 65.7 cm³/mol. The average molecular weight is 316 g/mol. The number of rotatable bonds is 2. The number of carboxylic acid groups (broad SMARTS) is 1. The number of carboxylic acids is 1. The summed E-state index contributed by atoms with van der Waals surface area (Å²) in [6, 6.07) is 4.23. The third-order valence-corrected chi connectivity index (χ3v) is 3.81. The topological polar surface area (TPSA) is 57.6 Å². The van der Waals surface area contributed by atoms with Gasteiger partial charge in [-0.3, -0.25) is 9.59 Å². The van der Waals surface area contributed by atoms with Gasteiger partial charge in [-0.15, -0.1) is 0 Å². The zero-order valence-electron chi connectivity index (χ0n) is 9.40. The van der Waals surface area contributed by atoms with Crippen molar-refractivity contribution in [1.29, 1.82) is 0 Å². The molecule has 18 heavy (non-hydrogen) atoms. The molecule has 96 valence electrons. The Morgan fingerprint density at radius 1 is 1.44 bits per heavy atom. The first-order valence-corrected chi connectivity index (χ1v) is 6.26. The van der Waals surface area contributed by atoms with Gasteiger partial charge in [0.2, 0.25) is 0 Å². The Morgan fingerprint density at radius 2 is 2.17 bits per heavy atom. The summed E-state index contributed by atoms with van der Waals surface area (Å²) in [4.78, 5) is 24.4. The van der Waals surface area contributed by atoms with Crippen LogP contribution < -0.4 is 0 Å². The van der Waals surface area contributed by atoms with Gasteiger partial charge in [0.15, 0.2) is 0 Å². The Balaban J connectivity index is 2.18. The summed E-state index contributed by atoms with van der Waals surface area (Å²) in [7, 11) is 0. The van der Waals surface area contributed by atoms with Crippen molar-refractivity contribution in [1.82, 2.24) is 4.90 Å². The minimum absolute atomic E-state index is 0.119. The van der Waals surface area contributed by atoms with Crippen LogP contribution in [-0.2, 0) is 4.79 Å². The Kier molecular flexibility index (Phi) is 3.65. The van der Waals surface area contributed by atoms with Gasteiger partial charge >= 0.3 is 5.97 Å². The van der Waals surface area contributed by atoms with E-state index in [0.29, 0.717) is 13.0 Å². The van der Waals surface area contributed by atoms with Crippen LogP contribution in [0.15, 0.2) is 22.7 Å². The molecular weight excluding hydrogens is 305 g/mol. The summed E-state index contributed by atoms with van der Waals surface area (Å²) in [5, 5.41) is 8.87. The SMILES string of the molecule is O=C(O)C1CCN(C(=O)c2cccc(F)c2Br)C1. The van der Waals surface area contributed by atoms with Crippen LogP contribution in [0.25, 0.3) is 0 Å². The van der Waals surface area contributed by atoms with Crippen LogP contribution in [0, 0.1) is 11.7 Å². The zero-order valence-corrected chi connectivity index (χ0v) is 11.0. The van der Waals surface area contributed by atoms with Crippen molar-refractivity contribution in [2.45, 2.75) is 6.42 Å². The summed E-state index contributed by atoms with van der Waals surface area (Å²) >= 11 is 3.03. The number of hydrogen-bond donors (Lipinski definition) is 1. The molecular formula is C12H11BrFNO3. The molecule has 0 saturated carbocycles. The van der Waals surface area contributed by atoms with E-state index in [0.717, 1.165) is 0 Å². The molecule has 0 radical (unpaired) electrons. The molecule has 0 aromatic heterocycles. The Bertz CT molecular complexity index is 506. The third-order valence-electron chi connectivity index (χ3n) is 3.01. The minimum Gasteiger partial charge on any atom is -0.481 e. The van der Waals surface area contributed by atoms with Crippen molar-refractivity contribution in [3.63, 3.8) is 0 Å². The van der Waals surface area contributed by atoms with Crippen LogP contribution in [0.2, 0.25) is 0 Å². The summed E-state index contributed by atoms with van der Waals surface area (Å²) in [6.45, 7) is 0.565. The highest BCUT2D eigenvalue weighted by Crippen LogP contribution is 2.25. The molecule has 1 aliphatic rings. The van der Waals surface area contributed by atoms with Crippen molar-refractivity contribution in [2.24, 2.45) is 5.92 Å². The number of likely N-dealkylation sites (tertiary alicyclic amines) is 1. The van der Waals surface area contributed by atoms with E-state index in [-0.39, 0.29) is 22.5 Å². The molecule has 1 heterocycles. The van der Waals surface area contributed by atoms with Gasteiger partial charge in [-0.1, -0.05) is 6.07 Å². The number of carbonyl (C=O) groups excluding carboxylic acids is 1. The standard InChI is InChI=1S/C12H11BrFNO3/c13-10-8(2-1-3-9(10)14)11(16)15-5-4-7(6-15)12(17)18/h1-3,7H,4-6H2,(H,17,18). The molecule has 1 fully saturated rings. The van der Waals surface area contributed by atoms with Gasteiger partial charge in [0.25, 0.3) is 5.91 Å². The first kappa shape index (κ1) is 13.0. The van der Waals surface area contributed by atoms with Crippen LogP contribution in [0.3, 0.4) is 0 Å². The van der Waals surface area contributed by atoms with Crippen LogP contribution >= 0.6 is 15.9 Å². The molecule has 1 amide bonds. The quantitative estimate of drug-likeness (QED) is 0.909. The van der Waals surface area contributed by atoms with Crippen molar-refractivity contribution >= 4 is 27.8 Å². The second-order valence-corrected chi connectivity index (χ2v) is 4.97. The number of halogens is 2. The number of amides is 1. The molecule has 4 nitrogen and oxygen atoms in total. The Hall–Kier alpha value is -1.43. The second-order valence-electron chi connectivity index (χ2n) is 4.18. The summed E-state index contributed by atoms with van der Waals surface area (Å²) in [6.07, 6.45) is 0.439. The van der Waals surface area contributed by atoms with E-state index in [1.54, 1.807) is 0 Å². The highest BCUT2D eigenvalue weighted by molar-refractivity contribution is 9.10. The summed E-state index contributed by atoms with van der Waals surface area (Å²) < 4.78 is 13.4. The molecule has 0 aliphatic carbocycles. The summed E-state index contributed by atoms with van der Waals surface area (Å²) in [5.41, 5.74) is 0.223. The molecule has 1 N–H and O–H groups in total. The molecule has 0 bridgehead atoms. The third kappa shape index (κ3) is 2.38. The zero-order chi connectivity index (χ0) is 13.3. The fourth-order valence-electron chi connectivity index (χ4n) is 1.99. The van der Waals surface area contributed by atoms with Crippen LogP contribution in [0.4, 0.5) is 4.39 Å². The van der Waals surface area contributed by atoms with Gasteiger partial charge in [0.1, 0.15) is 5.82 Å². The lowest BCUT2D eigenvalue weighted by atomic mass is 10.1. The van der Waals surface area contributed by atoms with Gasteiger partial charge in [-0.25, -0.2) is 4.39 Å². The molecule has 1 unspecified atom stereocenters. The second kappa shape index (κ2) is 5.06. The van der Waals surface area contributed by atoms with Gasteiger partial charge in [-0.05, 0) is 34.5 Å². The smallest absolute Gasteiger partial charge is 0.308 e. The highest BCUT2D eigenvalue weighted by Gasteiger charge is 2.32. The lowest BCUT2D eigenvalue weighted by molar-refractivity contribution is -0.141. The largest absolute Gasteiger partial charge is 0.481 e. The van der Waals surface area contributed by atoms with E-state index in [1.165, 1.54) is 23.1 Å². The fraction of sp³-hybridized carbons (Fsp3) is 0.333. The highest BCUT2D eigenvalue weighted by atomic mass is 79.9. The molecule has 1 aromatic rings. The number of aliphatic carboxylic acids is 1. The van der Waals surface area contributed by atoms with Crippen molar-refractivity contribution in [2.75, 3.05) is 13.1 Å². The fourth-order valence-corrected chi connectivity index (χ4v) is 2.42. The first-order chi connectivity index (χ1) is 8.50.